The molecule has 3 nitrogen and oxygen atoms in total. The first-order valence-electron chi connectivity index (χ1n) is 6.57. The minimum Gasteiger partial charge on any atom is -0.491 e. The number of rotatable bonds is 6. The monoisotopic (exact) mass is 325 g/mol. The number of aliphatic hydroxyl groups is 1. The average Bonchev–Trinajstić information content (AvgIpc) is 2.47. The van der Waals surface area contributed by atoms with Gasteiger partial charge in [0, 0.05) is 11.9 Å². The Hall–Kier alpha value is -1.23. The van der Waals surface area contributed by atoms with Crippen molar-refractivity contribution in [3.8, 4) is 5.75 Å². The first-order valence-corrected chi connectivity index (χ1v) is 7.55. The second kappa shape index (κ2) is 8.93. The zero-order valence-electron chi connectivity index (χ0n) is 12.2. The molecule has 1 aromatic heterocycles. The molecule has 1 N–H and O–H groups in total. The van der Waals surface area contributed by atoms with Gasteiger partial charge in [0.25, 0.3) is 0 Å². The number of nitrogens with zero attached hydrogens (tertiary/aromatic N) is 1. The maximum atomic E-state index is 9.92. The van der Waals surface area contributed by atoms with Crippen molar-refractivity contribution >= 4 is 24.2 Å². The maximum Gasteiger partial charge on any atom is 0.119 e. The van der Waals surface area contributed by atoms with Crippen LogP contribution in [0.1, 0.15) is 11.1 Å². The van der Waals surface area contributed by atoms with Crippen molar-refractivity contribution in [1.82, 2.24) is 4.98 Å². The third-order valence-corrected chi connectivity index (χ3v) is 4.07. The number of aryl methyl sites for hydroxylation is 2. The van der Waals surface area contributed by atoms with E-state index in [1.165, 1.54) is 22.9 Å². The second-order valence-electron chi connectivity index (χ2n) is 4.69. The smallest absolute Gasteiger partial charge is 0.119 e. The van der Waals surface area contributed by atoms with E-state index in [1.54, 1.807) is 6.20 Å². The topological polar surface area (TPSA) is 42.4 Å². The molecule has 0 radical (unpaired) electrons. The third kappa shape index (κ3) is 5.96. The number of ether oxygens (including phenoxy) is 1. The quantitative estimate of drug-likeness (QED) is 0.823. The van der Waals surface area contributed by atoms with Crippen LogP contribution in [-0.2, 0) is 0 Å². The van der Waals surface area contributed by atoms with Gasteiger partial charge in [0.1, 0.15) is 12.4 Å². The van der Waals surface area contributed by atoms with E-state index < -0.39 is 6.10 Å². The lowest BCUT2D eigenvalue weighted by molar-refractivity contribution is 0.126. The molecule has 2 aromatic rings. The first kappa shape index (κ1) is 17.8. The molecule has 0 aliphatic rings. The molecule has 0 fully saturated rings. The fourth-order valence-electron chi connectivity index (χ4n) is 1.66. The normalized spacial score (nSPS) is 11.6. The van der Waals surface area contributed by atoms with Crippen LogP contribution in [0.3, 0.4) is 0 Å². The largest absolute Gasteiger partial charge is 0.491 e. The molecular formula is C16H20ClNO2S. The molecule has 1 aromatic carbocycles. The van der Waals surface area contributed by atoms with E-state index in [-0.39, 0.29) is 12.4 Å². The molecule has 0 spiro atoms. The van der Waals surface area contributed by atoms with Crippen molar-refractivity contribution in [2.75, 3.05) is 12.4 Å². The van der Waals surface area contributed by atoms with Gasteiger partial charge in [-0.3, -0.25) is 0 Å². The van der Waals surface area contributed by atoms with Crippen molar-refractivity contribution in [3.05, 3.63) is 53.7 Å². The number of aromatic nitrogens is 1. The number of pyridine rings is 1. The number of benzene rings is 1. The predicted octanol–water partition coefficient (Wildman–Crippen LogP) is 3.65. The molecule has 5 heteroatoms. The Morgan fingerprint density at radius 3 is 2.67 bits per heavy atom. The van der Waals surface area contributed by atoms with Gasteiger partial charge in [-0.15, -0.1) is 24.2 Å². The molecule has 0 bridgehead atoms. The summed E-state index contributed by atoms with van der Waals surface area (Å²) in [5.74, 6) is 1.37. The van der Waals surface area contributed by atoms with Crippen LogP contribution in [0.4, 0.5) is 0 Å². The Morgan fingerprint density at radius 1 is 1.19 bits per heavy atom. The summed E-state index contributed by atoms with van der Waals surface area (Å²) in [5.41, 5.74) is 2.43. The van der Waals surface area contributed by atoms with Gasteiger partial charge in [0.15, 0.2) is 0 Å². The van der Waals surface area contributed by atoms with Crippen molar-refractivity contribution < 1.29 is 9.84 Å². The van der Waals surface area contributed by atoms with Crippen LogP contribution in [0.25, 0.3) is 0 Å². The summed E-state index contributed by atoms with van der Waals surface area (Å²) in [4.78, 5) is 4.20. The summed E-state index contributed by atoms with van der Waals surface area (Å²) < 4.78 is 5.61. The van der Waals surface area contributed by atoms with Gasteiger partial charge < -0.3 is 9.84 Å². The highest BCUT2D eigenvalue weighted by molar-refractivity contribution is 7.99. The van der Waals surface area contributed by atoms with Crippen molar-refractivity contribution in [3.63, 3.8) is 0 Å². The van der Waals surface area contributed by atoms with E-state index >= 15 is 0 Å². The van der Waals surface area contributed by atoms with Gasteiger partial charge in [-0.1, -0.05) is 12.1 Å². The zero-order chi connectivity index (χ0) is 14.4. The average molecular weight is 326 g/mol. The number of hydrogen-bond donors (Lipinski definition) is 1. The minimum atomic E-state index is -0.511. The molecule has 2 rings (SSSR count). The molecule has 0 aliphatic heterocycles. The molecule has 0 saturated carbocycles. The summed E-state index contributed by atoms with van der Waals surface area (Å²) in [5, 5.41) is 10.8. The number of halogens is 1. The number of aliphatic hydroxyl groups excluding tert-OH is 1. The Bertz CT molecular complexity index is 551. The summed E-state index contributed by atoms with van der Waals surface area (Å²) in [7, 11) is 0. The number of hydrogen-bond acceptors (Lipinski definition) is 4. The Morgan fingerprint density at radius 2 is 2.00 bits per heavy atom. The molecule has 0 saturated heterocycles. The van der Waals surface area contributed by atoms with Crippen LogP contribution in [-0.4, -0.2) is 28.6 Å². The lowest BCUT2D eigenvalue weighted by Crippen LogP contribution is -2.20. The predicted molar refractivity (Wildman–Crippen MR) is 89.6 cm³/mol. The van der Waals surface area contributed by atoms with Gasteiger partial charge in [0.2, 0.25) is 0 Å². The second-order valence-corrected chi connectivity index (χ2v) is 5.73. The van der Waals surface area contributed by atoms with Gasteiger partial charge in [0.05, 0.1) is 11.1 Å². The summed E-state index contributed by atoms with van der Waals surface area (Å²) in [6.45, 7) is 4.41. The Balaban J connectivity index is 0.00000220. The highest BCUT2D eigenvalue weighted by Crippen LogP contribution is 2.18. The van der Waals surface area contributed by atoms with E-state index in [2.05, 4.69) is 18.8 Å². The molecule has 0 aliphatic carbocycles. The summed E-state index contributed by atoms with van der Waals surface area (Å²) >= 11 is 1.53. The van der Waals surface area contributed by atoms with E-state index in [1.807, 2.05) is 36.4 Å². The van der Waals surface area contributed by atoms with E-state index in [0.717, 1.165) is 10.8 Å². The van der Waals surface area contributed by atoms with Crippen LogP contribution < -0.4 is 4.74 Å². The Kier molecular flexibility index (Phi) is 7.57. The highest BCUT2D eigenvalue weighted by atomic mass is 35.5. The fourth-order valence-corrected chi connectivity index (χ4v) is 2.43. The van der Waals surface area contributed by atoms with E-state index in [4.69, 9.17) is 4.74 Å². The Labute approximate surface area is 136 Å². The summed E-state index contributed by atoms with van der Waals surface area (Å²) in [6, 6.07) is 11.7. The fraction of sp³-hybridized carbons (Fsp3) is 0.312. The molecule has 0 amide bonds. The molecule has 21 heavy (non-hydrogen) atoms. The van der Waals surface area contributed by atoms with Crippen molar-refractivity contribution in [2.45, 2.75) is 25.0 Å². The SMILES string of the molecule is Cc1ccc(OCC(O)CSc2ccccn2)cc1C.Cl. The molecular weight excluding hydrogens is 306 g/mol. The van der Waals surface area contributed by atoms with Crippen molar-refractivity contribution in [1.29, 1.82) is 0 Å². The standard InChI is InChI=1S/C16H19NO2S.ClH/c1-12-6-7-15(9-13(12)2)19-10-14(18)11-20-16-5-3-4-8-17-16;/h3-9,14,18H,10-11H2,1-2H3;1H. The molecule has 1 heterocycles. The lowest BCUT2D eigenvalue weighted by Gasteiger charge is -2.12. The van der Waals surface area contributed by atoms with Gasteiger partial charge >= 0.3 is 0 Å². The van der Waals surface area contributed by atoms with Crippen molar-refractivity contribution in [2.24, 2.45) is 0 Å². The van der Waals surface area contributed by atoms with Gasteiger partial charge in [-0.25, -0.2) is 4.98 Å². The van der Waals surface area contributed by atoms with E-state index in [0.29, 0.717) is 12.4 Å². The maximum absolute atomic E-state index is 9.92. The van der Waals surface area contributed by atoms with Crippen LogP contribution in [0.2, 0.25) is 0 Å². The molecule has 114 valence electrons. The third-order valence-electron chi connectivity index (χ3n) is 2.98. The molecule has 1 unspecified atom stereocenters. The van der Waals surface area contributed by atoms with E-state index in [9.17, 15) is 5.11 Å². The molecule has 1 atom stereocenters. The minimum absolute atomic E-state index is 0. The van der Waals surface area contributed by atoms with Crippen LogP contribution in [0.15, 0.2) is 47.6 Å². The lowest BCUT2D eigenvalue weighted by atomic mass is 10.1. The van der Waals surface area contributed by atoms with Crippen LogP contribution in [0, 0.1) is 13.8 Å². The van der Waals surface area contributed by atoms with Crippen LogP contribution >= 0.6 is 24.2 Å². The van der Waals surface area contributed by atoms with Gasteiger partial charge in [-0.05, 0) is 49.2 Å². The van der Waals surface area contributed by atoms with Gasteiger partial charge in [-0.2, -0.15) is 0 Å². The summed E-state index contributed by atoms with van der Waals surface area (Å²) in [6.07, 6.45) is 1.24. The highest BCUT2D eigenvalue weighted by Gasteiger charge is 2.07. The first-order chi connectivity index (χ1) is 9.65. The number of thioether (sulfide) groups is 1. The zero-order valence-corrected chi connectivity index (χ0v) is 13.8. The van der Waals surface area contributed by atoms with Crippen LogP contribution in [0.5, 0.6) is 5.75 Å².